The minimum atomic E-state index is 0.742. The molecule has 0 bridgehead atoms. The van der Waals surface area contributed by atoms with E-state index in [1.165, 1.54) is 0 Å². The van der Waals surface area contributed by atoms with Crippen molar-refractivity contribution in [2.45, 2.75) is 13.8 Å². The van der Waals surface area contributed by atoms with Crippen LogP contribution in [0.15, 0.2) is 30.5 Å². The van der Waals surface area contributed by atoms with Crippen LogP contribution in [0.4, 0.5) is 5.69 Å². The van der Waals surface area contributed by atoms with Gasteiger partial charge >= 0.3 is 0 Å². The first-order valence-corrected chi connectivity index (χ1v) is 5.83. The van der Waals surface area contributed by atoms with E-state index in [0.29, 0.717) is 0 Å². The molecule has 2 heterocycles. The van der Waals surface area contributed by atoms with Gasteiger partial charge in [-0.1, -0.05) is 12.1 Å². The Hall–Kier alpha value is -2.36. The Balaban J connectivity index is 2.26. The van der Waals surface area contributed by atoms with Gasteiger partial charge in [0.15, 0.2) is 5.65 Å². The molecule has 18 heavy (non-hydrogen) atoms. The number of hydrogen-bond donors (Lipinski definition) is 2. The molecular formula is C14H14N4. The quantitative estimate of drug-likeness (QED) is 0.640. The highest BCUT2D eigenvalue weighted by atomic mass is 15.0. The van der Waals surface area contributed by atoms with E-state index in [-0.39, 0.29) is 0 Å². The lowest BCUT2D eigenvalue weighted by Crippen LogP contribution is -1.92. The highest BCUT2D eigenvalue weighted by molar-refractivity contribution is 5.80. The molecule has 0 unspecified atom stereocenters. The van der Waals surface area contributed by atoms with Gasteiger partial charge in [0.1, 0.15) is 5.82 Å². The first-order chi connectivity index (χ1) is 8.66. The summed E-state index contributed by atoms with van der Waals surface area (Å²) < 4.78 is 0. The van der Waals surface area contributed by atoms with Crippen LogP contribution in [0, 0.1) is 13.8 Å². The summed E-state index contributed by atoms with van der Waals surface area (Å²) in [5, 5.41) is 0. The maximum atomic E-state index is 5.92. The van der Waals surface area contributed by atoms with Crippen LogP contribution in [-0.2, 0) is 0 Å². The molecule has 3 N–H and O–H groups in total. The second-order valence-corrected chi connectivity index (χ2v) is 4.43. The number of hydrogen-bond acceptors (Lipinski definition) is 3. The Morgan fingerprint density at radius 2 is 2.00 bits per heavy atom. The Morgan fingerprint density at radius 3 is 2.78 bits per heavy atom. The summed E-state index contributed by atoms with van der Waals surface area (Å²) in [7, 11) is 0. The third-order valence-corrected chi connectivity index (χ3v) is 3.23. The molecule has 0 saturated carbocycles. The van der Waals surface area contributed by atoms with Gasteiger partial charge in [0.25, 0.3) is 0 Å². The highest BCUT2D eigenvalue weighted by Crippen LogP contribution is 2.26. The number of rotatable bonds is 1. The van der Waals surface area contributed by atoms with Gasteiger partial charge in [0, 0.05) is 17.4 Å². The van der Waals surface area contributed by atoms with Crippen molar-refractivity contribution in [2.75, 3.05) is 5.73 Å². The van der Waals surface area contributed by atoms with Crippen LogP contribution in [0.5, 0.6) is 0 Å². The van der Waals surface area contributed by atoms with Crippen LogP contribution in [0.1, 0.15) is 11.1 Å². The minimum Gasteiger partial charge on any atom is -0.398 e. The van der Waals surface area contributed by atoms with E-state index in [1.54, 1.807) is 6.20 Å². The fourth-order valence-electron chi connectivity index (χ4n) is 2.07. The van der Waals surface area contributed by atoms with E-state index in [9.17, 15) is 0 Å². The van der Waals surface area contributed by atoms with Crippen LogP contribution < -0.4 is 5.73 Å². The molecule has 90 valence electrons. The number of nitrogens with zero attached hydrogens (tertiary/aromatic N) is 2. The lowest BCUT2D eigenvalue weighted by Gasteiger charge is -2.04. The number of benzene rings is 1. The zero-order chi connectivity index (χ0) is 12.7. The molecule has 0 radical (unpaired) electrons. The van der Waals surface area contributed by atoms with E-state index in [2.05, 4.69) is 15.0 Å². The molecule has 0 amide bonds. The van der Waals surface area contributed by atoms with Gasteiger partial charge in [-0.15, -0.1) is 0 Å². The molecule has 0 saturated heterocycles. The van der Waals surface area contributed by atoms with Crippen molar-refractivity contribution in [3.8, 4) is 11.4 Å². The van der Waals surface area contributed by atoms with Gasteiger partial charge in [-0.3, -0.25) is 0 Å². The number of nitrogen functional groups attached to an aromatic ring is 1. The summed E-state index contributed by atoms with van der Waals surface area (Å²) in [6.07, 6.45) is 1.77. The topological polar surface area (TPSA) is 67.6 Å². The normalized spacial score (nSPS) is 11.0. The first kappa shape index (κ1) is 10.8. The summed E-state index contributed by atoms with van der Waals surface area (Å²) >= 11 is 0. The van der Waals surface area contributed by atoms with E-state index in [1.807, 2.05) is 38.1 Å². The van der Waals surface area contributed by atoms with Gasteiger partial charge in [-0.05, 0) is 37.1 Å². The van der Waals surface area contributed by atoms with Crippen molar-refractivity contribution < 1.29 is 0 Å². The van der Waals surface area contributed by atoms with Gasteiger partial charge in [0.05, 0.1) is 5.52 Å². The lowest BCUT2D eigenvalue weighted by atomic mass is 10.1. The summed E-state index contributed by atoms with van der Waals surface area (Å²) in [6.45, 7) is 4.04. The van der Waals surface area contributed by atoms with Gasteiger partial charge < -0.3 is 10.7 Å². The minimum absolute atomic E-state index is 0.742. The molecule has 2 aromatic heterocycles. The number of imidazole rings is 1. The highest BCUT2D eigenvalue weighted by Gasteiger charge is 2.10. The zero-order valence-electron chi connectivity index (χ0n) is 10.4. The molecule has 0 atom stereocenters. The van der Waals surface area contributed by atoms with Gasteiger partial charge in [0.2, 0.25) is 0 Å². The number of aromatic amines is 1. The zero-order valence-corrected chi connectivity index (χ0v) is 10.4. The van der Waals surface area contributed by atoms with Crippen molar-refractivity contribution in [3.63, 3.8) is 0 Å². The van der Waals surface area contributed by atoms with Crippen molar-refractivity contribution in [3.05, 3.63) is 41.6 Å². The Kier molecular flexibility index (Phi) is 2.30. The van der Waals surface area contributed by atoms with Crippen molar-refractivity contribution in [2.24, 2.45) is 0 Å². The molecule has 0 fully saturated rings. The van der Waals surface area contributed by atoms with Crippen LogP contribution in [-0.4, -0.2) is 15.0 Å². The largest absolute Gasteiger partial charge is 0.398 e. The van der Waals surface area contributed by atoms with Crippen LogP contribution >= 0.6 is 0 Å². The molecule has 3 aromatic rings. The summed E-state index contributed by atoms with van der Waals surface area (Å²) in [4.78, 5) is 12.1. The maximum absolute atomic E-state index is 5.92. The predicted octanol–water partition coefficient (Wildman–Crippen LogP) is 2.82. The van der Waals surface area contributed by atoms with Gasteiger partial charge in [-0.2, -0.15) is 0 Å². The SMILES string of the molecule is Cc1c(N)cccc1-c1nc2nccc(C)c2[nH]1. The van der Waals surface area contributed by atoms with Crippen molar-refractivity contribution in [1.29, 1.82) is 0 Å². The number of fused-ring (bicyclic) bond motifs is 1. The number of nitrogens with one attached hydrogen (secondary N) is 1. The van der Waals surface area contributed by atoms with Crippen LogP contribution in [0.3, 0.4) is 0 Å². The Morgan fingerprint density at radius 1 is 1.17 bits per heavy atom. The van der Waals surface area contributed by atoms with Crippen molar-refractivity contribution in [1.82, 2.24) is 15.0 Å². The van der Waals surface area contributed by atoms with Crippen LogP contribution in [0.25, 0.3) is 22.6 Å². The number of aryl methyl sites for hydroxylation is 1. The summed E-state index contributed by atoms with van der Waals surface area (Å²) in [5.41, 5.74) is 11.6. The number of aromatic nitrogens is 3. The number of anilines is 1. The lowest BCUT2D eigenvalue weighted by molar-refractivity contribution is 1.28. The third-order valence-electron chi connectivity index (χ3n) is 3.23. The summed E-state index contributed by atoms with van der Waals surface area (Å²) in [5.74, 6) is 0.816. The number of nitrogens with two attached hydrogens (primary N) is 1. The number of pyridine rings is 1. The monoisotopic (exact) mass is 238 g/mol. The molecule has 0 spiro atoms. The molecule has 3 rings (SSSR count). The third kappa shape index (κ3) is 1.54. The maximum Gasteiger partial charge on any atom is 0.178 e. The van der Waals surface area contributed by atoms with Gasteiger partial charge in [-0.25, -0.2) is 9.97 Å². The van der Waals surface area contributed by atoms with E-state index in [4.69, 9.17) is 5.73 Å². The van der Waals surface area contributed by atoms with E-state index < -0.39 is 0 Å². The second-order valence-electron chi connectivity index (χ2n) is 4.43. The molecule has 0 aliphatic rings. The van der Waals surface area contributed by atoms with E-state index in [0.717, 1.165) is 39.4 Å². The van der Waals surface area contributed by atoms with E-state index >= 15 is 0 Å². The average Bonchev–Trinajstić information content (AvgIpc) is 2.78. The fourth-order valence-corrected chi connectivity index (χ4v) is 2.07. The Labute approximate surface area is 105 Å². The molecule has 4 heteroatoms. The molecular weight excluding hydrogens is 224 g/mol. The molecule has 0 aliphatic heterocycles. The fraction of sp³-hybridized carbons (Fsp3) is 0.143. The predicted molar refractivity (Wildman–Crippen MR) is 73.2 cm³/mol. The van der Waals surface area contributed by atoms with Crippen molar-refractivity contribution >= 4 is 16.9 Å². The first-order valence-electron chi connectivity index (χ1n) is 5.83. The molecule has 1 aromatic carbocycles. The smallest absolute Gasteiger partial charge is 0.178 e. The molecule has 0 aliphatic carbocycles. The number of H-pyrrole nitrogens is 1. The van der Waals surface area contributed by atoms with Crippen LogP contribution in [0.2, 0.25) is 0 Å². The second kappa shape index (κ2) is 3.84. The standard InChI is InChI=1S/C14H14N4/c1-8-6-7-16-14-12(8)17-13(18-14)10-4-3-5-11(15)9(10)2/h3-7H,15H2,1-2H3,(H,16,17,18). The Bertz CT molecular complexity index is 728. The molecule has 4 nitrogen and oxygen atoms in total. The average molecular weight is 238 g/mol. The summed E-state index contributed by atoms with van der Waals surface area (Å²) in [6, 6.07) is 7.81.